The summed E-state index contributed by atoms with van der Waals surface area (Å²) in [6.07, 6.45) is 2.15. The zero-order valence-electron chi connectivity index (χ0n) is 17.5. The number of anilines is 3. The van der Waals surface area contributed by atoms with Crippen molar-refractivity contribution in [3.8, 4) is 11.3 Å². The van der Waals surface area contributed by atoms with Crippen LogP contribution < -0.4 is 16.4 Å². The molecule has 0 radical (unpaired) electrons. The van der Waals surface area contributed by atoms with Gasteiger partial charge in [0, 0.05) is 17.8 Å². The average molecular weight is 445 g/mol. The van der Waals surface area contributed by atoms with Crippen LogP contribution in [0, 0.1) is 5.53 Å². The van der Waals surface area contributed by atoms with Crippen LogP contribution in [0.15, 0.2) is 29.5 Å². The molecule has 6 N–H and O–H groups in total. The number of hydrogen-bond donors (Lipinski definition) is 5. The molecule has 0 saturated heterocycles. The van der Waals surface area contributed by atoms with Gasteiger partial charge in [-0.3, -0.25) is 0 Å². The van der Waals surface area contributed by atoms with Crippen LogP contribution in [0.25, 0.3) is 16.8 Å². The molecule has 1 fully saturated rings. The zero-order chi connectivity index (χ0) is 22.9. The number of aliphatic hydroxyl groups is 1. The summed E-state index contributed by atoms with van der Waals surface area (Å²) in [5.41, 5.74) is 14.6. The lowest BCUT2D eigenvalue weighted by atomic mass is 9.84. The quantitative estimate of drug-likeness (QED) is 0.347. The molecule has 0 bridgehead atoms. The minimum Gasteiger partial charge on any atom is -0.390 e. The summed E-state index contributed by atoms with van der Waals surface area (Å²) in [5, 5.41) is 23.7. The van der Waals surface area contributed by atoms with Crippen molar-refractivity contribution in [2.24, 2.45) is 5.11 Å². The number of nitrogens with one attached hydrogen (secondary N) is 3. The Balaban J connectivity index is 1.61. The largest absolute Gasteiger partial charge is 0.390 e. The van der Waals surface area contributed by atoms with Gasteiger partial charge in [0.05, 0.1) is 17.8 Å². The van der Waals surface area contributed by atoms with Crippen molar-refractivity contribution in [2.45, 2.75) is 50.7 Å². The molecular weight excluding hydrogens is 420 g/mol. The summed E-state index contributed by atoms with van der Waals surface area (Å²) >= 11 is 0. The van der Waals surface area contributed by atoms with Crippen LogP contribution in [0.1, 0.15) is 32.6 Å². The van der Waals surface area contributed by atoms with E-state index in [1.54, 1.807) is 22.8 Å². The van der Waals surface area contributed by atoms with Crippen LogP contribution in [-0.4, -0.2) is 49.3 Å². The molecule has 4 rings (SSSR count). The molecule has 0 unspecified atom stereocenters. The van der Waals surface area contributed by atoms with Gasteiger partial charge in [-0.2, -0.15) is 10.1 Å². The minimum atomic E-state index is -2.57. The van der Waals surface area contributed by atoms with Crippen LogP contribution in [-0.2, 0) is 0 Å². The van der Waals surface area contributed by atoms with E-state index in [1.165, 1.54) is 6.07 Å². The van der Waals surface area contributed by atoms with Crippen molar-refractivity contribution in [3.63, 3.8) is 0 Å². The minimum absolute atomic E-state index is 0.0862. The van der Waals surface area contributed by atoms with E-state index < -0.39 is 18.6 Å². The van der Waals surface area contributed by atoms with Crippen molar-refractivity contribution in [2.75, 3.05) is 22.9 Å². The summed E-state index contributed by atoms with van der Waals surface area (Å²) in [5.74, 6) is 0.714. The Labute approximate surface area is 182 Å². The molecular formula is C20H25F2N9O. The number of hydrogen-bond acceptors (Lipinski definition) is 9. The van der Waals surface area contributed by atoms with Gasteiger partial charge in [0.2, 0.25) is 5.95 Å². The summed E-state index contributed by atoms with van der Waals surface area (Å²) in [4.78, 5) is 8.74. The second-order valence-corrected chi connectivity index (χ2v) is 8.21. The number of nitrogen functional groups attached to an aromatic ring is 1. The number of alkyl halides is 2. The first-order valence-corrected chi connectivity index (χ1v) is 10.3. The lowest BCUT2D eigenvalue weighted by Crippen LogP contribution is -2.36. The SMILES string of the molecule is CC1(O)CCC(Nc2nc(N)c3c(-c4ccc(N=N)c(NCC(F)F)n4)ccn3n2)CC1. The Hall–Kier alpha value is -3.41. The van der Waals surface area contributed by atoms with Gasteiger partial charge < -0.3 is 21.5 Å². The van der Waals surface area contributed by atoms with Crippen molar-refractivity contribution >= 4 is 28.8 Å². The fourth-order valence-corrected chi connectivity index (χ4v) is 3.88. The normalized spacial score (nSPS) is 21.1. The van der Waals surface area contributed by atoms with Gasteiger partial charge >= 0.3 is 0 Å². The summed E-state index contributed by atoms with van der Waals surface area (Å²) < 4.78 is 26.8. The van der Waals surface area contributed by atoms with Crippen LogP contribution >= 0.6 is 0 Å². The Morgan fingerprint density at radius 3 is 2.75 bits per heavy atom. The molecule has 0 amide bonds. The van der Waals surface area contributed by atoms with E-state index in [0.29, 0.717) is 35.6 Å². The molecule has 12 heteroatoms. The van der Waals surface area contributed by atoms with Gasteiger partial charge in [0.1, 0.15) is 11.2 Å². The van der Waals surface area contributed by atoms with E-state index in [4.69, 9.17) is 11.3 Å². The number of aromatic nitrogens is 4. The number of rotatable bonds is 7. The van der Waals surface area contributed by atoms with Crippen LogP contribution in [0.2, 0.25) is 0 Å². The predicted molar refractivity (Wildman–Crippen MR) is 116 cm³/mol. The number of halogens is 2. The first kappa shape index (κ1) is 21.8. The Bertz CT molecular complexity index is 1120. The molecule has 3 aromatic heterocycles. The Morgan fingerprint density at radius 2 is 2.06 bits per heavy atom. The summed E-state index contributed by atoms with van der Waals surface area (Å²) in [7, 11) is 0. The molecule has 10 nitrogen and oxygen atoms in total. The highest BCUT2D eigenvalue weighted by Crippen LogP contribution is 2.33. The number of nitrogens with zero attached hydrogens (tertiary/aromatic N) is 5. The van der Waals surface area contributed by atoms with Crippen molar-refractivity contribution in [1.82, 2.24) is 19.6 Å². The molecule has 0 aromatic carbocycles. The fourth-order valence-electron chi connectivity index (χ4n) is 3.88. The van der Waals surface area contributed by atoms with Crippen molar-refractivity contribution in [3.05, 3.63) is 24.4 Å². The van der Waals surface area contributed by atoms with Crippen molar-refractivity contribution < 1.29 is 13.9 Å². The third-order valence-corrected chi connectivity index (χ3v) is 5.63. The van der Waals surface area contributed by atoms with E-state index in [2.05, 4.69) is 30.8 Å². The van der Waals surface area contributed by atoms with E-state index in [-0.39, 0.29) is 23.4 Å². The molecule has 3 heterocycles. The first-order valence-electron chi connectivity index (χ1n) is 10.3. The molecule has 0 spiro atoms. The topological polar surface area (TPSA) is 150 Å². The molecule has 1 aliphatic carbocycles. The fraction of sp³-hybridized carbons (Fsp3) is 0.450. The number of fused-ring (bicyclic) bond motifs is 1. The standard InChI is InChI=1S/C20H25F2N9O/c1-20(32)7-4-11(5-8-20)26-19-28-17(23)16-12(6-9-31(16)30-19)13-2-3-14(29-24)18(27-13)25-10-15(21)22/h2-3,6,9,11,15,24,32H,4-5,7-8,10H2,1H3,(H,25,27)(H3,23,26,28,30). The molecule has 1 aliphatic rings. The average Bonchev–Trinajstić information content (AvgIpc) is 3.18. The second-order valence-electron chi connectivity index (χ2n) is 8.21. The van der Waals surface area contributed by atoms with Gasteiger partial charge in [-0.15, -0.1) is 5.10 Å². The van der Waals surface area contributed by atoms with Crippen molar-refractivity contribution in [1.29, 1.82) is 5.53 Å². The van der Waals surface area contributed by atoms with Gasteiger partial charge in [-0.1, -0.05) is 0 Å². The molecule has 3 aromatic rings. The third-order valence-electron chi connectivity index (χ3n) is 5.63. The highest BCUT2D eigenvalue weighted by molar-refractivity contribution is 5.87. The molecule has 0 aliphatic heterocycles. The summed E-state index contributed by atoms with van der Waals surface area (Å²) in [6.45, 7) is 1.24. The lowest BCUT2D eigenvalue weighted by Gasteiger charge is -2.33. The summed E-state index contributed by atoms with van der Waals surface area (Å²) in [6, 6.07) is 5.07. The maximum atomic E-state index is 12.6. The maximum absolute atomic E-state index is 12.6. The Morgan fingerprint density at radius 1 is 1.31 bits per heavy atom. The lowest BCUT2D eigenvalue weighted by molar-refractivity contribution is 0.0195. The van der Waals surface area contributed by atoms with Gasteiger partial charge in [-0.05, 0) is 50.8 Å². The first-order chi connectivity index (χ1) is 15.3. The monoisotopic (exact) mass is 445 g/mol. The predicted octanol–water partition coefficient (Wildman–Crippen LogP) is 3.82. The number of nitrogens with two attached hydrogens (primary N) is 1. The van der Waals surface area contributed by atoms with E-state index in [0.717, 1.165) is 12.8 Å². The second kappa shape index (κ2) is 8.61. The Kier molecular flexibility index (Phi) is 5.87. The van der Waals surface area contributed by atoms with Gasteiger partial charge in [-0.25, -0.2) is 23.8 Å². The van der Waals surface area contributed by atoms with E-state index in [1.807, 2.05) is 6.92 Å². The van der Waals surface area contributed by atoms with E-state index in [9.17, 15) is 13.9 Å². The molecule has 0 atom stereocenters. The van der Waals surface area contributed by atoms with Crippen LogP contribution in [0.4, 0.5) is 32.1 Å². The highest BCUT2D eigenvalue weighted by Gasteiger charge is 2.29. The molecule has 32 heavy (non-hydrogen) atoms. The number of pyridine rings is 1. The zero-order valence-corrected chi connectivity index (χ0v) is 17.5. The maximum Gasteiger partial charge on any atom is 0.255 e. The molecule has 1 saturated carbocycles. The highest BCUT2D eigenvalue weighted by atomic mass is 19.3. The third kappa shape index (κ3) is 4.59. The van der Waals surface area contributed by atoms with Crippen LogP contribution in [0.3, 0.4) is 0 Å². The smallest absolute Gasteiger partial charge is 0.255 e. The van der Waals surface area contributed by atoms with Crippen LogP contribution in [0.5, 0.6) is 0 Å². The van der Waals surface area contributed by atoms with E-state index >= 15 is 0 Å². The van der Waals surface area contributed by atoms with Gasteiger partial charge in [0.25, 0.3) is 6.43 Å². The van der Waals surface area contributed by atoms with Gasteiger partial charge in [0.15, 0.2) is 11.6 Å². The molecule has 170 valence electrons.